The second kappa shape index (κ2) is 5.11. The molecule has 0 fully saturated rings. The van der Waals surface area contributed by atoms with Crippen molar-refractivity contribution in [2.75, 3.05) is 0 Å². The van der Waals surface area contributed by atoms with Crippen molar-refractivity contribution >= 4 is 22.5 Å². The van der Waals surface area contributed by atoms with Crippen LogP contribution in [0.25, 0.3) is 10.9 Å². The van der Waals surface area contributed by atoms with Crippen molar-refractivity contribution in [2.24, 2.45) is 0 Å². The summed E-state index contributed by atoms with van der Waals surface area (Å²) in [6.45, 7) is 7.83. The van der Waals surface area contributed by atoms with Crippen molar-refractivity contribution in [2.45, 2.75) is 40.0 Å². The van der Waals surface area contributed by atoms with E-state index >= 15 is 0 Å². The molecule has 0 aliphatic heterocycles. The molecule has 0 N–H and O–H groups in total. The SMILES string of the molecule is CCn1cc(COC(C)C)c2cc(Cl)ccc21. The van der Waals surface area contributed by atoms with Crippen LogP contribution >= 0.6 is 11.6 Å². The Morgan fingerprint density at radius 2 is 2.12 bits per heavy atom. The summed E-state index contributed by atoms with van der Waals surface area (Å²) >= 11 is 6.06. The van der Waals surface area contributed by atoms with Crippen molar-refractivity contribution in [3.05, 3.63) is 35.0 Å². The molecule has 0 spiro atoms. The van der Waals surface area contributed by atoms with Crippen LogP contribution in [-0.4, -0.2) is 10.7 Å². The fourth-order valence-electron chi connectivity index (χ4n) is 1.98. The minimum Gasteiger partial charge on any atom is -0.374 e. The van der Waals surface area contributed by atoms with Crippen LogP contribution in [0.3, 0.4) is 0 Å². The first-order valence-corrected chi connectivity index (χ1v) is 6.38. The summed E-state index contributed by atoms with van der Waals surface area (Å²) in [7, 11) is 0. The number of aromatic nitrogens is 1. The summed E-state index contributed by atoms with van der Waals surface area (Å²) in [5.41, 5.74) is 2.43. The van der Waals surface area contributed by atoms with Gasteiger partial charge < -0.3 is 9.30 Å². The highest BCUT2D eigenvalue weighted by molar-refractivity contribution is 6.31. The summed E-state index contributed by atoms with van der Waals surface area (Å²) in [6.07, 6.45) is 2.40. The zero-order valence-electron chi connectivity index (χ0n) is 10.5. The van der Waals surface area contributed by atoms with Crippen LogP contribution < -0.4 is 0 Å². The van der Waals surface area contributed by atoms with Crippen LogP contribution in [0.5, 0.6) is 0 Å². The number of ether oxygens (including phenoxy) is 1. The molecule has 2 nitrogen and oxygen atoms in total. The van der Waals surface area contributed by atoms with Crippen LogP contribution in [0.15, 0.2) is 24.4 Å². The second-order valence-corrected chi connectivity index (χ2v) is 4.90. The lowest BCUT2D eigenvalue weighted by atomic mass is 10.2. The zero-order chi connectivity index (χ0) is 12.4. The van der Waals surface area contributed by atoms with E-state index in [1.165, 1.54) is 16.5 Å². The van der Waals surface area contributed by atoms with Gasteiger partial charge in [0.2, 0.25) is 0 Å². The fourth-order valence-corrected chi connectivity index (χ4v) is 2.15. The van der Waals surface area contributed by atoms with Gasteiger partial charge in [-0.1, -0.05) is 11.6 Å². The molecule has 17 heavy (non-hydrogen) atoms. The van der Waals surface area contributed by atoms with Crippen LogP contribution in [0.4, 0.5) is 0 Å². The van der Waals surface area contributed by atoms with E-state index in [1.807, 2.05) is 26.0 Å². The van der Waals surface area contributed by atoms with Crippen molar-refractivity contribution < 1.29 is 4.74 Å². The smallest absolute Gasteiger partial charge is 0.0741 e. The third-order valence-corrected chi connectivity index (χ3v) is 3.07. The number of hydrogen-bond acceptors (Lipinski definition) is 1. The average molecular weight is 252 g/mol. The third kappa shape index (κ3) is 2.64. The largest absolute Gasteiger partial charge is 0.374 e. The van der Waals surface area contributed by atoms with E-state index in [1.54, 1.807) is 0 Å². The molecule has 92 valence electrons. The Balaban J connectivity index is 2.43. The molecule has 0 saturated carbocycles. The molecule has 2 rings (SSSR count). The molecule has 1 aromatic heterocycles. The first-order chi connectivity index (χ1) is 8.11. The molecule has 0 aliphatic rings. The Morgan fingerprint density at radius 3 is 2.76 bits per heavy atom. The van der Waals surface area contributed by atoms with Gasteiger partial charge in [-0.25, -0.2) is 0 Å². The van der Waals surface area contributed by atoms with E-state index in [9.17, 15) is 0 Å². The minimum absolute atomic E-state index is 0.245. The maximum absolute atomic E-state index is 6.06. The van der Waals surface area contributed by atoms with Gasteiger partial charge in [-0.05, 0) is 39.0 Å². The molecule has 1 heterocycles. The normalized spacial score (nSPS) is 11.6. The Morgan fingerprint density at radius 1 is 1.35 bits per heavy atom. The Hall–Kier alpha value is -0.990. The fraction of sp³-hybridized carbons (Fsp3) is 0.429. The highest BCUT2D eigenvalue weighted by atomic mass is 35.5. The summed E-state index contributed by atoms with van der Waals surface area (Å²) in [4.78, 5) is 0. The van der Waals surface area contributed by atoms with E-state index in [0.717, 1.165) is 11.6 Å². The monoisotopic (exact) mass is 251 g/mol. The van der Waals surface area contributed by atoms with E-state index in [-0.39, 0.29) is 6.10 Å². The van der Waals surface area contributed by atoms with E-state index in [2.05, 4.69) is 23.8 Å². The number of benzene rings is 1. The Bertz CT molecular complexity index is 516. The maximum Gasteiger partial charge on any atom is 0.0741 e. The zero-order valence-corrected chi connectivity index (χ0v) is 11.3. The van der Waals surface area contributed by atoms with Gasteiger partial charge >= 0.3 is 0 Å². The lowest BCUT2D eigenvalue weighted by Gasteiger charge is -2.06. The van der Waals surface area contributed by atoms with Crippen LogP contribution in [0.2, 0.25) is 5.02 Å². The molecule has 0 radical (unpaired) electrons. The maximum atomic E-state index is 6.06. The summed E-state index contributed by atoms with van der Waals surface area (Å²) < 4.78 is 7.90. The number of hydrogen-bond donors (Lipinski definition) is 0. The first-order valence-electron chi connectivity index (χ1n) is 6.00. The third-order valence-electron chi connectivity index (χ3n) is 2.84. The Kier molecular flexibility index (Phi) is 3.75. The predicted molar refractivity (Wildman–Crippen MR) is 72.5 cm³/mol. The second-order valence-electron chi connectivity index (χ2n) is 4.46. The molecule has 0 saturated heterocycles. The average Bonchev–Trinajstić information content (AvgIpc) is 2.63. The van der Waals surface area contributed by atoms with Crippen molar-refractivity contribution in [3.63, 3.8) is 0 Å². The molecule has 3 heteroatoms. The molecule has 0 atom stereocenters. The molecule has 0 aliphatic carbocycles. The van der Waals surface area contributed by atoms with Gasteiger partial charge in [0.15, 0.2) is 0 Å². The molecule has 1 aromatic carbocycles. The van der Waals surface area contributed by atoms with E-state index < -0.39 is 0 Å². The molecule has 0 bridgehead atoms. The standard InChI is InChI=1S/C14H18ClNO/c1-4-16-8-11(9-17-10(2)3)13-7-12(15)5-6-14(13)16/h5-8,10H,4,9H2,1-3H3. The van der Waals surface area contributed by atoms with E-state index in [4.69, 9.17) is 16.3 Å². The van der Waals surface area contributed by atoms with Crippen LogP contribution in [-0.2, 0) is 17.9 Å². The van der Waals surface area contributed by atoms with Gasteiger partial charge in [0.1, 0.15) is 0 Å². The number of aryl methyl sites for hydroxylation is 1. The highest BCUT2D eigenvalue weighted by Crippen LogP contribution is 2.25. The lowest BCUT2D eigenvalue weighted by Crippen LogP contribution is -2.01. The van der Waals surface area contributed by atoms with Gasteiger partial charge in [-0.3, -0.25) is 0 Å². The molecular weight excluding hydrogens is 234 g/mol. The van der Waals surface area contributed by atoms with Crippen LogP contribution in [0, 0.1) is 0 Å². The molecular formula is C14H18ClNO. The van der Waals surface area contributed by atoms with Crippen molar-refractivity contribution in [3.8, 4) is 0 Å². The summed E-state index contributed by atoms with van der Waals surface area (Å²) in [6, 6.07) is 6.02. The van der Waals surface area contributed by atoms with Crippen LogP contribution in [0.1, 0.15) is 26.3 Å². The number of nitrogens with zero attached hydrogens (tertiary/aromatic N) is 1. The van der Waals surface area contributed by atoms with Crippen molar-refractivity contribution in [1.29, 1.82) is 0 Å². The minimum atomic E-state index is 0.245. The van der Waals surface area contributed by atoms with Gasteiger partial charge in [0, 0.05) is 34.2 Å². The predicted octanol–water partition coefficient (Wildman–Crippen LogP) is 4.24. The summed E-state index contributed by atoms with van der Waals surface area (Å²) in [5, 5.41) is 1.97. The number of rotatable bonds is 4. The first kappa shape index (κ1) is 12.5. The topological polar surface area (TPSA) is 14.2 Å². The molecule has 0 amide bonds. The molecule has 0 unspecified atom stereocenters. The quantitative estimate of drug-likeness (QED) is 0.793. The lowest BCUT2D eigenvalue weighted by molar-refractivity contribution is 0.0663. The number of fused-ring (bicyclic) bond motifs is 1. The van der Waals surface area contributed by atoms with Gasteiger partial charge in [0.25, 0.3) is 0 Å². The van der Waals surface area contributed by atoms with Gasteiger partial charge in [-0.2, -0.15) is 0 Å². The van der Waals surface area contributed by atoms with Crippen molar-refractivity contribution in [1.82, 2.24) is 4.57 Å². The van der Waals surface area contributed by atoms with Gasteiger partial charge in [-0.15, -0.1) is 0 Å². The summed E-state index contributed by atoms with van der Waals surface area (Å²) in [5.74, 6) is 0. The number of halogens is 1. The van der Waals surface area contributed by atoms with Gasteiger partial charge in [0.05, 0.1) is 12.7 Å². The Labute approximate surface area is 107 Å². The van der Waals surface area contributed by atoms with E-state index in [0.29, 0.717) is 6.61 Å². The molecule has 2 aromatic rings. The highest BCUT2D eigenvalue weighted by Gasteiger charge is 2.08.